The minimum absolute atomic E-state index is 0.177. The van der Waals surface area contributed by atoms with Crippen LogP contribution in [-0.4, -0.2) is 36.2 Å². The van der Waals surface area contributed by atoms with Gasteiger partial charge in [0.05, 0.1) is 6.54 Å². The molecule has 0 saturated carbocycles. The summed E-state index contributed by atoms with van der Waals surface area (Å²) in [5.41, 5.74) is 7.00. The Morgan fingerprint density at radius 2 is 1.74 bits per heavy atom. The Balaban J connectivity index is 2.54. The zero-order chi connectivity index (χ0) is 14.5. The van der Waals surface area contributed by atoms with Gasteiger partial charge >= 0.3 is 6.18 Å². The maximum Gasteiger partial charge on any atom is 0.401 e. The average molecular weight is 274 g/mol. The molecule has 0 aromatic heterocycles. The van der Waals surface area contributed by atoms with Gasteiger partial charge in [-0.15, -0.1) is 0 Å². The van der Waals surface area contributed by atoms with E-state index in [1.165, 1.54) is 4.90 Å². The molecule has 0 aliphatic carbocycles. The van der Waals surface area contributed by atoms with Crippen molar-refractivity contribution in [3.63, 3.8) is 0 Å². The molecule has 0 fully saturated rings. The van der Waals surface area contributed by atoms with Gasteiger partial charge in [-0.3, -0.25) is 4.90 Å². The van der Waals surface area contributed by atoms with Gasteiger partial charge in [-0.1, -0.05) is 30.3 Å². The smallest absolute Gasteiger partial charge is 0.326 e. The Morgan fingerprint density at radius 1 is 1.16 bits per heavy atom. The van der Waals surface area contributed by atoms with Gasteiger partial charge in [-0.2, -0.15) is 13.2 Å². The predicted octanol–water partition coefficient (Wildman–Crippen LogP) is 2.83. The molecule has 0 bridgehead atoms. The lowest BCUT2D eigenvalue weighted by atomic mass is 10.1. The molecule has 0 radical (unpaired) electrons. The highest BCUT2D eigenvalue weighted by atomic mass is 19.4. The molecule has 0 saturated heterocycles. The van der Waals surface area contributed by atoms with Crippen LogP contribution in [-0.2, 0) is 6.42 Å². The van der Waals surface area contributed by atoms with Gasteiger partial charge < -0.3 is 5.73 Å². The van der Waals surface area contributed by atoms with E-state index in [4.69, 9.17) is 5.73 Å². The molecule has 0 aliphatic rings. The summed E-state index contributed by atoms with van der Waals surface area (Å²) in [6, 6.07) is 9.09. The summed E-state index contributed by atoms with van der Waals surface area (Å²) >= 11 is 0. The minimum atomic E-state index is -4.18. The van der Waals surface area contributed by atoms with Crippen molar-refractivity contribution < 1.29 is 13.2 Å². The molecule has 2 N–H and O–H groups in total. The number of rotatable bonds is 6. The van der Waals surface area contributed by atoms with Gasteiger partial charge in [-0.05, 0) is 25.8 Å². The molecule has 1 atom stereocenters. The van der Waals surface area contributed by atoms with Crippen molar-refractivity contribution >= 4 is 0 Å². The summed E-state index contributed by atoms with van der Waals surface area (Å²) < 4.78 is 37.4. The van der Waals surface area contributed by atoms with E-state index in [2.05, 4.69) is 0 Å². The number of nitrogens with two attached hydrogens (primary N) is 1. The van der Waals surface area contributed by atoms with E-state index in [0.717, 1.165) is 5.56 Å². The van der Waals surface area contributed by atoms with Gasteiger partial charge in [0, 0.05) is 18.6 Å². The van der Waals surface area contributed by atoms with Crippen molar-refractivity contribution in [3.05, 3.63) is 35.9 Å². The molecule has 5 heteroatoms. The average Bonchev–Trinajstić information content (AvgIpc) is 2.27. The van der Waals surface area contributed by atoms with Gasteiger partial charge in [0.2, 0.25) is 0 Å². The largest absolute Gasteiger partial charge is 0.401 e. The summed E-state index contributed by atoms with van der Waals surface area (Å²) in [5.74, 6) is 0. The molecular formula is C14H21F3N2. The van der Waals surface area contributed by atoms with E-state index in [0.29, 0.717) is 6.42 Å². The topological polar surface area (TPSA) is 29.3 Å². The molecule has 1 rings (SSSR count). The monoisotopic (exact) mass is 274 g/mol. The number of nitrogens with zero attached hydrogens (tertiary/aromatic N) is 1. The normalized spacial score (nSPS) is 14.1. The van der Waals surface area contributed by atoms with Gasteiger partial charge in [0.1, 0.15) is 0 Å². The molecule has 0 spiro atoms. The van der Waals surface area contributed by atoms with Crippen LogP contribution in [0.4, 0.5) is 13.2 Å². The molecule has 0 amide bonds. The second-order valence-electron chi connectivity index (χ2n) is 5.09. The fourth-order valence-corrected chi connectivity index (χ4v) is 1.97. The molecule has 19 heavy (non-hydrogen) atoms. The Morgan fingerprint density at radius 3 is 2.21 bits per heavy atom. The van der Waals surface area contributed by atoms with Crippen molar-refractivity contribution in [1.29, 1.82) is 0 Å². The van der Waals surface area contributed by atoms with Crippen LogP contribution in [0.2, 0.25) is 0 Å². The number of alkyl halides is 3. The molecule has 0 heterocycles. The van der Waals surface area contributed by atoms with Gasteiger partial charge in [-0.25, -0.2) is 0 Å². The molecule has 108 valence electrons. The number of halogens is 3. The Bertz CT molecular complexity index is 363. The zero-order valence-electron chi connectivity index (χ0n) is 11.3. The van der Waals surface area contributed by atoms with Crippen LogP contribution in [0, 0.1) is 0 Å². The summed E-state index contributed by atoms with van der Waals surface area (Å²) in [4.78, 5) is 1.37. The molecule has 1 aromatic carbocycles. The van der Waals surface area contributed by atoms with Gasteiger partial charge in [0.25, 0.3) is 0 Å². The van der Waals surface area contributed by atoms with E-state index in [9.17, 15) is 13.2 Å². The molecule has 1 unspecified atom stereocenters. The lowest BCUT2D eigenvalue weighted by molar-refractivity contribution is -0.150. The quantitative estimate of drug-likeness (QED) is 0.864. The molecule has 0 aliphatic heterocycles. The highest BCUT2D eigenvalue weighted by Crippen LogP contribution is 2.18. The number of benzene rings is 1. The molecule has 1 aromatic rings. The first-order valence-corrected chi connectivity index (χ1v) is 6.38. The van der Waals surface area contributed by atoms with Gasteiger partial charge in [0.15, 0.2) is 0 Å². The second kappa shape index (κ2) is 6.91. The van der Waals surface area contributed by atoms with Crippen LogP contribution in [0.15, 0.2) is 30.3 Å². The Hall–Kier alpha value is -1.07. The molecular weight excluding hydrogens is 253 g/mol. The van der Waals surface area contributed by atoms with Crippen molar-refractivity contribution in [2.45, 2.75) is 38.5 Å². The summed E-state index contributed by atoms with van der Waals surface area (Å²) in [7, 11) is 0. The van der Waals surface area contributed by atoms with Crippen LogP contribution < -0.4 is 5.73 Å². The lowest BCUT2D eigenvalue weighted by Crippen LogP contribution is -2.46. The van der Waals surface area contributed by atoms with Crippen LogP contribution in [0.3, 0.4) is 0 Å². The maximum atomic E-state index is 12.5. The van der Waals surface area contributed by atoms with E-state index >= 15 is 0 Å². The SMILES string of the molecule is CC(C)N(CC(N)Cc1ccccc1)CC(F)(F)F. The van der Waals surface area contributed by atoms with Crippen molar-refractivity contribution in [1.82, 2.24) is 4.90 Å². The van der Waals surface area contributed by atoms with Crippen LogP contribution in [0.25, 0.3) is 0 Å². The van der Waals surface area contributed by atoms with E-state index < -0.39 is 12.7 Å². The minimum Gasteiger partial charge on any atom is -0.326 e. The number of hydrogen-bond donors (Lipinski definition) is 1. The second-order valence-corrected chi connectivity index (χ2v) is 5.09. The summed E-state index contributed by atoms with van der Waals surface area (Å²) in [6.07, 6.45) is -3.60. The fourth-order valence-electron chi connectivity index (χ4n) is 1.97. The van der Waals surface area contributed by atoms with Crippen molar-refractivity contribution in [2.75, 3.05) is 13.1 Å². The Kier molecular flexibility index (Phi) is 5.82. The van der Waals surface area contributed by atoms with Crippen LogP contribution in [0.1, 0.15) is 19.4 Å². The van der Waals surface area contributed by atoms with E-state index in [-0.39, 0.29) is 18.6 Å². The first-order valence-electron chi connectivity index (χ1n) is 6.38. The first-order chi connectivity index (χ1) is 8.78. The highest BCUT2D eigenvalue weighted by molar-refractivity contribution is 5.15. The third kappa shape index (κ3) is 6.59. The van der Waals surface area contributed by atoms with E-state index in [1.807, 2.05) is 30.3 Å². The fraction of sp³-hybridized carbons (Fsp3) is 0.571. The first kappa shape index (κ1) is 16.0. The summed E-state index contributed by atoms with van der Waals surface area (Å²) in [6.45, 7) is 2.83. The molecule has 2 nitrogen and oxygen atoms in total. The predicted molar refractivity (Wildman–Crippen MR) is 70.9 cm³/mol. The maximum absolute atomic E-state index is 12.5. The van der Waals surface area contributed by atoms with Crippen molar-refractivity contribution in [2.24, 2.45) is 5.73 Å². The van der Waals surface area contributed by atoms with Crippen LogP contribution in [0.5, 0.6) is 0 Å². The van der Waals surface area contributed by atoms with Crippen LogP contribution >= 0.6 is 0 Å². The highest BCUT2D eigenvalue weighted by Gasteiger charge is 2.32. The standard InChI is InChI=1S/C14H21F3N2/c1-11(2)19(10-14(15,16)17)9-13(18)8-12-6-4-3-5-7-12/h3-7,11,13H,8-10,18H2,1-2H3. The Labute approximate surface area is 112 Å². The summed E-state index contributed by atoms with van der Waals surface area (Å²) in [5, 5.41) is 0. The third-order valence-electron chi connectivity index (χ3n) is 2.92. The zero-order valence-corrected chi connectivity index (χ0v) is 11.3. The van der Waals surface area contributed by atoms with Crippen molar-refractivity contribution in [3.8, 4) is 0 Å². The lowest BCUT2D eigenvalue weighted by Gasteiger charge is -2.30. The number of hydrogen-bond acceptors (Lipinski definition) is 2. The third-order valence-corrected chi connectivity index (χ3v) is 2.92. The van der Waals surface area contributed by atoms with E-state index in [1.54, 1.807) is 13.8 Å².